The molecule has 1 aliphatic heterocycles. The number of rotatable bonds is 6. The maximum absolute atomic E-state index is 13.1. The van der Waals surface area contributed by atoms with Crippen molar-refractivity contribution < 1.29 is 23.9 Å². The molecule has 9 nitrogen and oxygen atoms in total. The summed E-state index contributed by atoms with van der Waals surface area (Å²) in [6.45, 7) is 1.51. The molecule has 2 aromatic carbocycles. The van der Waals surface area contributed by atoms with E-state index in [4.69, 9.17) is 10.00 Å². The average molecular weight is 491 g/mol. The number of carbonyl (C=O) groups excluding carboxylic acids is 4. The first-order valence-electron chi connectivity index (χ1n) is 11.9. The molecule has 0 unspecified atom stereocenters. The van der Waals surface area contributed by atoms with Gasteiger partial charge in [0.25, 0.3) is 0 Å². The maximum Gasteiger partial charge on any atom is 0.329 e. The van der Waals surface area contributed by atoms with Gasteiger partial charge in [-0.3, -0.25) is 14.4 Å². The van der Waals surface area contributed by atoms with Gasteiger partial charge in [0.05, 0.1) is 12.5 Å². The molecule has 188 valence electrons. The topological polar surface area (TPSA) is 137 Å². The van der Waals surface area contributed by atoms with Crippen molar-refractivity contribution in [1.82, 2.24) is 16.0 Å². The van der Waals surface area contributed by atoms with Gasteiger partial charge in [0.1, 0.15) is 24.2 Å². The second-order valence-corrected chi connectivity index (χ2v) is 8.75. The number of amides is 3. The summed E-state index contributed by atoms with van der Waals surface area (Å²) in [6, 6.07) is 17.3. The Morgan fingerprint density at radius 1 is 0.833 bits per heavy atom. The number of cyclic esters (lactones) is 1. The Kier molecular flexibility index (Phi) is 9.57. The third-order valence-electron chi connectivity index (χ3n) is 5.84. The van der Waals surface area contributed by atoms with Gasteiger partial charge in [0.2, 0.25) is 17.7 Å². The van der Waals surface area contributed by atoms with Crippen LogP contribution in [0.15, 0.2) is 60.7 Å². The predicted octanol–water partition coefficient (Wildman–Crippen LogP) is 1.57. The Labute approximate surface area is 210 Å². The fourth-order valence-corrected chi connectivity index (χ4v) is 3.91. The van der Waals surface area contributed by atoms with Crippen molar-refractivity contribution in [3.63, 3.8) is 0 Å². The Hall–Kier alpha value is -4.19. The molecule has 3 rings (SSSR count). The van der Waals surface area contributed by atoms with Gasteiger partial charge in [0.15, 0.2) is 0 Å². The van der Waals surface area contributed by atoms with E-state index in [1.54, 1.807) is 0 Å². The van der Waals surface area contributed by atoms with Gasteiger partial charge in [-0.25, -0.2) is 4.79 Å². The zero-order valence-corrected chi connectivity index (χ0v) is 20.1. The molecule has 3 N–H and O–H groups in total. The molecule has 0 radical (unpaired) electrons. The van der Waals surface area contributed by atoms with E-state index in [0.717, 1.165) is 11.1 Å². The molecule has 2 aromatic rings. The van der Waals surface area contributed by atoms with Crippen LogP contribution in [0.3, 0.4) is 0 Å². The Bertz CT molecular complexity index is 1100. The summed E-state index contributed by atoms with van der Waals surface area (Å²) in [5.74, 6) is -2.28. The number of hydrogen-bond donors (Lipinski definition) is 3. The van der Waals surface area contributed by atoms with E-state index >= 15 is 0 Å². The van der Waals surface area contributed by atoms with Crippen LogP contribution in [0.5, 0.6) is 0 Å². The highest BCUT2D eigenvalue weighted by Gasteiger charge is 2.32. The minimum absolute atomic E-state index is 0.0753. The van der Waals surface area contributed by atoms with Crippen LogP contribution in [0.2, 0.25) is 0 Å². The number of esters is 1. The zero-order chi connectivity index (χ0) is 25.9. The minimum Gasteiger partial charge on any atom is -0.460 e. The molecule has 36 heavy (non-hydrogen) atoms. The summed E-state index contributed by atoms with van der Waals surface area (Å²) >= 11 is 0. The van der Waals surface area contributed by atoms with Gasteiger partial charge < -0.3 is 20.7 Å². The molecule has 0 aromatic heterocycles. The number of nitrogens with one attached hydrogen (secondary N) is 3. The molecule has 9 heteroatoms. The largest absolute Gasteiger partial charge is 0.460 e. The van der Waals surface area contributed by atoms with Crippen molar-refractivity contribution in [3.8, 4) is 6.07 Å². The summed E-state index contributed by atoms with van der Waals surface area (Å²) in [7, 11) is 0. The van der Waals surface area contributed by atoms with E-state index in [1.165, 1.54) is 6.92 Å². The lowest BCUT2D eigenvalue weighted by molar-refractivity contribution is -0.154. The molecule has 1 fully saturated rings. The molecule has 0 aliphatic carbocycles. The smallest absolute Gasteiger partial charge is 0.329 e. The molecular weight excluding hydrogens is 460 g/mol. The first-order chi connectivity index (χ1) is 17.4. The van der Waals surface area contributed by atoms with Gasteiger partial charge in [-0.2, -0.15) is 5.26 Å². The Morgan fingerprint density at radius 3 is 2.00 bits per heavy atom. The quantitative estimate of drug-likeness (QED) is 0.526. The van der Waals surface area contributed by atoms with E-state index in [1.807, 2.05) is 66.7 Å². The molecule has 1 saturated heterocycles. The average Bonchev–Trinajstić information content (AvgIpc) is 2.87. The van der Waals surface area contributed by atoms with Gasteiger partial charge in [0, 0.05) is 19.3 Å². The molecule has 0 spiro atoms. The molecule has 1 heterocycles. The molecule has 4 atom stereocenters. The SMILES string of the molecule is C[C@@H]1NC(=O)[C@H](Cc2ccccc2)NC(=O)C[C@@H](CCC#N)OC(=O)[C@@H](Cc2ccccc2)NC1=O. The highest BCUT2D eigenvalue weighted by atomic mass is 16.5. The second-order valence-electron chi connectivity index (χ2n) is 8.75. The minimum atomic E-state index is -1.03. The highest BCUT2D eigenvalue weighted by molar-refractivity contribution is 5.94. The van der Waals surface area contributed by atoms with Crippen LogP contribution in [0, 0.1) is 11.3 Å². The number of hydrogen-bond acceptors (Lipinski definition) is 6. The van der Waals surface area contributed by atoms with Gasteiger partial charge in [-0.15, -0.1) is 0 Å². The highest BCUT2D eigenvalue weighted by Crippen LogP contribution is 2.13. The van der Waals surface area contributed by atoms with E-state index in [-0.39, 0.29) is 32.1 Å². The number of nitriles is 1. The van der Waals surface area contributed by atoms with E-state index in [9.17, 15) is 19.2 Å². The van der Waals surface area contributed by atoms with Gasteiger partial charge >= 0.3 is 5.97 Å². The van der Waals surface area contributed by atoms with E-state index < -0.39 is 47.9 Å². The maximum atomic E-state index is 13.1. The lowest BCUT2D eigenvalue weighted by Crippen LogP contribution is -2.55. The number of carbonyl (C=O) groups is 4. The fourth-order valence-electron chi connectivity index (χ4n) is 3.91. The third kappa shape index (κ3) is 7.94. The van der Waals surface area contributed by atoms with Crippen molar-refractivity contribution >= 4 is 23.7 Å². The first kappa shape index (κ1) is 26.4. The summed E-state index contributed by atoms with van der Waals surface area (Å²) in [6.07, 6.45) is -0.496. The summed E-state index contributed by atoms with van der Waals surface area (Å²) in [4.78, 5) is 52.0. The second kappa shape index (κ2) is 13.0. The number of ether oxygens (including phenoxy) is 1. The Balaban J connectivity index is 1.87. The summed E-state index contributed by atoms with van der Waals surface area (Å²) < 4.78 is 5.61. The predicted molar refractivity (Wildman–Crippen MR) is 131 cm³/mol. The van der Waals surface area contributed by atoms with Crippen LogP contribution < -0.4 is 16.0 Å². The molecular formula is C27H30N4O5. The lowest BCUT2D eigenvalue weighted by Gasteiger charge is -2.23. The van der Waals surface area contributed by atoms with Crippen LogP contribution in [0.1, 0.15) is 37.3 Å². The molecule has 0 saturated carbocycles. The van der Waals surface area contributed by atoms with E-state index in [0.29, 0.717) is 0 Å². The Morgan fingerprint density at radius 2 is 1.42 bits per heavy atom. The number of benzene rings is 2. The number of nitrogens with zero attached hydrogens (tertiary/aromatic N) is 1. The van der Waals surface area contributed by atoms with E-state index in [2.05, 4.69) is 16.0 Å². The van der Waals surface area contributed by atoms with Crippen LogP contribution in [-0.4, -0.2) is 47.9 Å². The first-order valence-corrected chi connectivity index (χ1v) is 11.9. The lowest BCUT2D eigenvalue weighted by atomic mass is 10.0. The van der Waals surface area contributed by atoms with Crippen LogP contribution in [0.4, 0.5) is 0 Å². The van der Waals surface area contributed by atoms with Crippen molar-refractivity contribution in [2.45, 2.75) is 63.3 Å². The standard InChI is InChI=1S/C27H30N4O5/c1-18-25(33)31-23(16-20-11-6-3-7-12-20)27(35)36-21(13-8-14-28)17-24(32)30-22(26(34)29-18)15-19-9-4-2-5-10-19/h2-7,9-12,18,21-23H,8,13,15-17H2,1H3,(H,29,34)(H,30,32)(H,31,33)/t18-,21+,22-,23+/m0/s1. The van der Waals surface area contributed by atoms with Gasteiger partial charge in [-0.05, 0) is 24.5 Å². The van der Waals surface area contributed by atoms with Crippen molar-refractivity contribution in [2.24, 2.45) is 0 Å². The molecule has 1 aliphatic rings. The normalized spacial score (nSPS) is 23.4. The van der Waals surface area contributed by atoms with Crippen molar-refractivity contribution in [1.29, 1.82) is 5.26 Å². The third-order valence-corrected chi connectivity index (χ3v) is 5.84. The van der Waals surface area contributed by atoms with Crippen molar-refractivity contribution in [2.75, 3.05) is 0 Å². The summed E-state index contributed by atoms with van der Waals surface area (Å²) in [5.41, 5.74) is 1.63. The zero-order valence-electron chi connectivity index (χ0n) is 20.1. The van der Waals surface area contributed by atoms with Crippen LogP contribution in [0.25, 0.3) is 0 Å². The summed E-state index contributed by atoms with van der Waals surface area (Å²) in [5, 5.41) is 17.0. The van der Waals surface area contributed by atoms with Crippen LogP contribution >= 0.6 is 0 Å². The molecule has 0 bridgehead atoms. The van der Waals surface area contributed by atoms with Crippen molar-refractivity contribution in [3.05, 3.63) is 71.8 Å². The van der Waals surface area contributed by atoms with Gasteiger partial charge in [-0.1, -0.05) is 60.7 Å². The monoisotopic (exact) mass is 490 g/mol. The van der Waals surface area contributed by atoms with Crippen LogP contribution in [-0.2, 0) is 36.8 Å². The molecule has 3 amide bonds. The fraction of sp³-hybridized carbons (Fsp3) is 0.370.